The molecule has 0 aliphatic carbocycles. The molecule has 2 heteroatoms. The first kappa shape index (κ1) is 18.3. The fourth-order valence-electron chi connectivity index (χ4n) is 3.13. The molecule has 0 fully saturated rings. The summed E-state index contributed by atoms with van der Waals surface area (Å²) in [6.45, 7) is 0. The molecule has 1 nitrogen and oxygen atoms in total. The average Bonchev–Trinajstić information content (AvgIpc) is 2.75. The van der Waals surface area contributed by atoms with E-state index in [1.54, 1.807) is 0 Å². The molecular formula is C26H20BrN. The van der Waals surface area contributed by atoms with Crippen molar-refractivity contribution in [1.82, 2.24) is 0 Å². The maximum atomic E-state index is 3.59. The summed E-state index contributed by atoms with van der Waals surface area (Å²) in [4.78, 5) is 2.26. The van der Waals surface area contributed by atoms with Crippen molar-refractivity contribution in [2.45, 2.75) is 0 Å². The molecule has 0 unspecified atom stereocenters. The van der Waals surface area contributed by atoms with Gasteiger partial charge >= 0.3 is 0 Å². The van der Waals surface area contributed by atoms with E-state index in [9.17, 15) is 0 Å². The highest BCUT2D eigenvalue weighted by molar-refractivity contribution is 9.10. The third-order valence-corrected chi connectivity index (χ3v) is 4.99. The number of halogens is 1. The van der Waals surface area contributed by atoms with E-state index in [-0.39, 0.29) is 0 Å². The van der Waals surface area contributed by atoms with Gasteiger partial charge in [-0.15, -0.1) is 0 Å². The second-order valence-corrected chi connectivity index (χ2v) is 7.40. The van der Waals surface area contributed by atoms with E-state index in [0.717, 1.165) is 21.5 Å². The van der Waals surface area contributed by atoms with Gasteiger partial charge in [-0.05, 0) is 53.6 Å². The van der Waals surface area contributed by atoms with Gasteiger partial charge in [0.25, 0.3) is 0 Å². The Bertz CT molecular complexity index is 1050. The highest BCUT2D eigenvalue weighted by atomic mass is 79.9. The highest BCUT2D eigenvalue weighted by Gasteiger charge is 2.12. The van der Waals surface area contributed by atoms with Crippen LogP contribution in [-0.2, 0) is 0 Å². The van der Waals surface area contributed by atoms with E-state index in [2.05, 4.69) is 124 Å². The fourth-order valence-corrected chi connectivity index (χ4v) is 3.52. The molecule has 28 heavy (non-hydrogen) atoms. The van der Waals surface area contributed by atoms with Gasteiger partial charge < -0.3 is 4.90 Å². The minimum atomic E-state index is 1.06. The largest absolute Gasteiger partial charge is 0.310 e. The number of hydrogen-bond donors (Lipinski definition) is 0. The molecule has 0 amide bonds. The summed E-state index contributed by atoms with van der Waals surface area (Å²) in [5.74, 6) is 0. The lowest BCUT2D eigenvalue weighted by molar-refractivity contribution is 1.28. The molecule has 136 valence electrons. The summed E-state index contributed by atoms with van der Waals surface area (Å²) in [5, 5.41) is 0. The van der Waals surface area contributed by atoms with Crippen LogP contribution in [0.4, 0.5) is 17.1 Å². The molecule has 0 radical (unpaired) electrons. The molecule has 0 atom stereocenters. The first-order valence-corrected chi connectivity index (χ1v) is 10.0. The van der Waals surface area contributed by atoms with Crippen molar-refractivity contribution >= 4 is 45.1 Å². The molecule has 0 bridgehead atoms. The standard InChI is InChI=1S/C26H20BrN/c27-23-10-7-13-26(20-23)28(24-11-5-2-6-12-24)25-18-16-22(17-19-25)15-14-21-8-3-1-4-9-21/h1-20H/b15-14+. The van der Waals surface area contributed by atoms with Crippen LogP contribution in [0.5, 0.6) is 0 Å². The summed E-state index contributed by atoms with van der Waals surface area (Å²) < 4.78 is 1.06. The molecule has 0 N–H and O–H groups in total. The Morgan fingerprint density at radius 2 is 1.04 bits per heavy atom. The number of benzene rings is 4. The minimum absolute atomic E-state index is 1.06. The summed E-state index contributed by atoms with van der Waals surface area (Å²) in [6.07, 6.45) is 4.28. The van der Waals surface area contributed by atoms with Crippen molar-refractivity contribution < 1.29 is 0 Å². The van der Waals surface area contributed by atoms with Crippen LogP contribution in [0.1, 0.15) is 11.1 Å². The molecule has 0 heterocycles. The first-order valence-electron chi connectivity index (χ1n) is 9.23. The molecule has 4 aromatic rings. The Hall–Kier alpha value is -3.10. The molecule has 0 aliphatic heterocycles. The lowest BCUT2D eigenvalue weighted by Gasteiger charge is -2.25. The van der Waals surface area contributed by atoms with E-state index in [4.69, 9.17) is 0 Å². The second kappa shape index (κ2) is 8.73. The van der Waals surface area contributed by atoms with Crippen LogP contribution in [0, 0.1) is 0 Å². The van der Waals surface area contributed by atoms with Crippen molar-refractivity contribution in [2.24, 2.45) is 0 Å². The van der Waals surface area contributed by atoms with Gasteiger partial charge in [-0.1, -0.05) is 94.8 Å². The van der Waals surface area contributed by atoms with Gasteiger partial charge in [-0.3, -0.25) is 0 Å². The van der Waals surface area contributed by atoms with Crippen LogP contribution in [-0.4, -0.2) is 0 Å². The smallest absolute Gasteiger partial charge is 0.0472 e. The van der Waals surface area contributed by atoms with E-state index in [1.165, 1.54) is 11.1 Å². The fraction of sp³-hybridized carbons (Fsp3) is 0. The normalized spacial score (nSPS) is 10.9. The van der Waals surface area contributed by atoms with Gasteiger partial charge in [0.15, 0.2) is 0 Å². The minimum Gasteiger partial charge on any atom is -0.310 e. The second-order valence-electron chi connectivity index (χ2n) is 6.49. The van der Waals surface area contributed by atoms with Crippen LogP contribution >= 0.6 is 15.9 Å². The van der Waals surface area contributed by atoms with E-state index < -0.39 is 0 Å². The molecule has 4 aromatic carbocycles. The molecule has 0 aliphatic rings. The van der Waals surface area contributed by atoms with Crippen LogP contribution in [0.2, 0.25) is 0 Å². The van der Waals surface area contributed by atoms with Crippen molar-refractivity contribution in [3.05, 3.63) is 125 Å². The number of para-hydroxylation sites is 1. The van der Waals surface area contributed by atoms with Crippen LogP contribution in [0.25, 0.3) is 12.2 Å². The van der Waals surface area contributed by atoms with E-state index >= 15 is 0 Å². The summed E-state index contributed by atoms with van der Waals surface area (Å²) in [5.41, 5.74) is 5.75. The lowest BCUT2D eigenvalue weighted by atomic mass is 10.1. The molecule has 4 rings (SSSR count). The molecule has 0 saturated carbocycles. The third-order valence-electron chi connectivity index (χ3n) is 4.50. The van der Waals surface area contributed by atoms with Crippen LogP contribution < -0.4 is 4.90 Å². The SMILES string of the molecule is Brc1cccc(N(c2ccccc2)c2ccc(/C=C/c3ccccc3)cc2)c1. The quantitative estimate of drug-likeness (QED) is 0.292. The lowest BCUT2D eigenvalue weighted by Crippen LogP contribution is -2.09. The highest BCUT2D eigenvalue weighted by Crippen LogP contribution is 2.35. The Labute approximate surface area is 174 Å². The number of nitrogens with zero attached hydrogens (tertiary/aromatic N) is 1. The van der Waals surface area contributed by atoms with Crippen LogP contribution in [0.15, 0.2) is 114 Å². The Morgan fingerprint density at radius 1 is 0.500 bits per heavy atom. The number of anilines is 3. The Morgan fingerprint density at radius 3 is 1.68 bits per heavy atom. The number of hydrogen-bond acceptors (Lipinski definition) is 1. The van der Waals surface area contributed by atoms with Crippen molar-refractivity contribution in [3.63, 3.8) is 0 Å². The van der Waals surface area contributed by atoms with Crippen molar-refractivity contribution in [1.29, 1.82) is 0 Å². The number of rotatable bonds is 5. The van der Waals surface area contributed by atoms with Gasteiger partial charge in [-0.25, -0.2) is 0 Å². The zero-order valence-corrected chi connectivity index (χ0v) is 17.0. The van der Waals surface area contributed by atoms with Gasteiger partial charge in [0.2, 0.25) is 0 Å². The third kappa shape index (κ3) is 4.41. The average molecular weight is 426 g/mol. The molecular weight excluding hydrogens is 406 g/mol. The van der Waals surface area contributed by atoms with E-state index in [0.29, 0.717) is 0 Å². The van der Waals surface area contributed by atoms with Crippen molar-refractivity contribution in [3.8, 4) is 0 Å². The van der Waals surface area contributed by atoms with Gasteiger partial charge in [0, 0.05) is 21.5 Å². The molecule has 0 aromatic heterocycles. The van der Waals surface area contributed by atoms with Gasteiger partial charge in [0.1, 0.15) is 0 Å². The monoisotopic (exact) mass is 425 g/mol. The summed E-state index contributed by atoms with van der Waals surface area (Å²) in [6, 6.07) is 37.8. The predicted molar refractivity (Wildman–Crippen MR) is 124 cm³/mol. The maximum absolute atomic E-state index is 3.59. The molecule has 0 saturated heterocycles. The Balaban J connectivity index is 1.66. The predicted octanol–water partition coefficient (Wildman–Crippen LogP) is 8.09. The van der Waals surface area contributed by atoms with E-state index in [1.807, 2.05) is 18.2 Å². The van der Waals surface area contributed by atoms with Crippen molar-refractivity contribution in [2.75, 3.05) is 4.90 Å². The Kier molecular flexibility index (Phi) is 5.69. The summed E-state index contributed by atoms with van der Waals surface area (Å²) in [7, 11) is 0. The van der Waals surface area contributed by atoms with Gasteiger partial charge in [0.05, 0.1) is 0 Å². The topological polar surface area (TPSA) is 3.24 Å². The van der Waals surface area contributed by atoms with Crippen LogP contribution in [0.3, 0.4) is 0 Å². The zero-order chi connectivity index (χ0) is 19.2. The molecule has 0 spiro atoms. The first-order chi connectivity index (χ1) is 13.8. The maximum Gasteiger partial charge on any atom is 0.0472 e. The summed E-state index contributed by atoms with van der Waals surface area (Å²) >= 11 is 3.59. The zero-order valence-electron chi connectivity index (χ0n) is 15.4. The van der Waals surface area contributed by atoms with Gasteiger partial charge in [-0.2, -0.15) is 0 Å².